The molecule has 132 valence electrons. The summed E-state index contributed by atoms with van der Waals surface area (Å²) in [5.74, 6) is -0.0839. The summed E-state index contributed by atoms with van der Waals surface area (Å²) in [6.07, 6.45) is 4.74. The fourth-order valence-electron chi connectivity index (χ4n) is 1.92. The van der Waals surface area contributed by atoms with Crippen molar-refractivity contribution in [1.29, 1.82) is 0 Å². The molecule has 0 unspecified atom stereocenters. The van der Waals surface area contributed by atoms with Gasteiger partial charge in [0.05, 0.1) is 18.5 Å². The van der Waals surface area contributed by atoms with E-state index in [4.69, 9.17) is 0 Å². The topological polar surface area (TPSA) is 79.8 Å². The van der Waals surface area contributed by atoms with Crippen LogP contribution in [0.25, 0.3) is 0 Å². The zero-order valence-electron chi connectivity index (χ0n) is 14.6. The van der Waals surface area contributed by atoms with Gasteiger partial charge in [-0.3, -0.25) is 10.1 Å². The second-order valence-corrected chi connectivity index (χ2v) is 5.89. The van der Waals surface area contributed by atoms with Crippen molar-refractivity contribution in [3.05, 3.63) is 23.8 Å². The lowest BCUT2D eigenvalue weighted by molar-refractivity contribution is -0.115. The summed E-state index contributed by atoms with van der Waals surface area (Å²) in [6.45, 7) is 3.93. The summed E-state index contributed by atoms with van der Waals surface area (Å²) < 4.78 is 4.60. The lowest BCUT2D eigenvalue weighted by atomic mass is 10.1. The first-order valence-corrected chi connectivity index (χ1v) is 9.16. The summed E-state index contributed by atoms with van der Waals surface area (Å²) in [7, 11) is 1.30. The molecule has 0 aliphatic carbocycles. The predicted octanol–water partition coefficient (Wildman–Crippen LogP) is 4.08. The van der Waals surface area contributed by atoms with Gasteiger partial charge in [-0.15, -0.1) is 0 Å². The number of carbonyl (C=O) groups is 2. The van der Waals surface area contributed by atoms with E-state index in [-0.39, 0.29) is 5.91 Å². The van der Waals surface area contributed by atoms with Gasteiger partial charge < -0.3 is 10.1 Å². The SMILES string of the molecule is CCCCc1ccc(NC(=O)CC)c(N=C(NC(=O)OC)SC)c1. The molecule has 0 aliphatic rings. The van der Waals surface area contributed by atoms with Crippen LogP contribution in [-0.4, -0.2) is 30.5 Å². The van der Waals surface area contributed by atoms with Crippen LogP contribution in [0.5, 0.6) is 0 Å². The van der Waals surface area contributed by atoms with Crippen molar-refractivity contribution in [3.63, 3.8) is 0 Å². The molecule has 0 radical (unpaired) electrons. The van der Waals surface area contributed by atoms with Gasteiger partial charge in [-0.1, -0.05) is 38.1 Å². The van der Waals surface area contributed by atoms with Crippen molar-refractivity contribution in [3.8, 4) is 0 Å². The number of amidine groups is 1. The maximum absolute atomic E-state index is 11.7. The number of ether oxygens (including phenoxy) is 1. The highest BCUT2D eigenvalue weighted by Crippen LogP contribution is 2.28. The fourth-order valence-corrected chi connectivity index (χ4v) is 2.30. The minimum atomic E-state index is -0.579. The van der Waals surface area contributed by atoms with Gasteiger partial charge in [-0.05, 0) is 36.8 Å². The van der Waals surface area contributed by atoms with E-state index >= 15 is 0 Å². The number of hydrogen-bond acceptors (Lipinski definition) is 5. The maximum Gasteiger partial charge on any atom is 0.412 e. The van der Waals surface area contributed by atoms with E-state index in [1.807, 2.05) is 18.2 Å². The summed E-state index contributed by atoms with van der Waals surface area (Å²) in [6, 6.07) is 5.79. The van der Waals surface area contributed by atoms with Gasteiger partial charge in [-0.2, -0.15) is 0 Å². The Labute approximate surface area is 147 Å². The molecule has 0 spiro atoms. The number of alkyl carbamates (subject to hydrolysis) is 1. The number of aryl methyl sites for hydroxylation is 1. The second kappa shape index (κ2) is 10.7. The minimum absolute atomic E-state index is 0.0839. The van der Waals surface area contributed by atoms with Crippen molar-refractivity contribution in [2.24, 2.45) is 4.99 Å². The highest BCUT2D eigenvalue weighted by atomic mass is 32.2. The van der Waals surface area contributed by atoms with Crippen LogP contribution in [0.2, 0.25) is 0 Å². The van der Waals surface area contributed by atoms with Crippen LogP contribution in [-0.2, 0) is 16.0 Å². The number of thioether (sulfide) groups is 1. The highest BCUT2D eigenvalue weighted by molar-refractivity contribution is 8.13. The Kier molecular flexibility index (Phi) is 8.93. The number of aliphatic imine (C=N–C) groups is 1. The van der Waals surface area contributed by atoms with Crippen LogP contribution >= 0.6 is 11.8 Å². The first-order chi connectivity index (χ1) is 11.5. The molecule has 0 saturated heterocycles. The van der Waals surface area contributed by atoms with Crippen molar-refractivity contribution in [2.45, 2.75) is 39.5 Å². The molecule has 7 heteroatoms. The molecule has 0 saturated carbocycles. The fraction of sp³-hybridized carbons (Fsp3) is 0.471. The lowest BCUT2D eigenvalue weighted by Gasteiger charge is -2.11. The van der Waals surface area contributed by atoms with Crippen molar-refractivity contribution in [1.82, 2.24) is 5.32 Å². The molecule has 1 rings (SSSR count). The number of benzene rings is 1. The van der Waals surface area contributed by atoms with Crippen molar-refractivity contribution >= 4 is 40.3 Å². The molecule has 24 heavy (non-hydrogen) atoms. The molecule has 1 aromatic carbocycles. The Morgan fingerprint density at radius 1 is 1.29 bits per heavy atom. The lowest BCUT2D eigenvalue weighted by Crippen LogP contribution is -2.27. The Balaban J connectivity index is 3.16. The zero-order chi connectivity index (χ0) is 17.9. The smallest absolute Gasteiger partial charge is 0.412 e. The highest BCUT2D eigenvalue weighted by Gasteiger charge is 2.10. The molecular formula is C17H25N3O3S. The van der Waals surface area contributed by atoms with E-state index in [2.05, 4.69) is 27.3 Å². The normalized spacial score (nSPS) is 11.1. The van der Waals surface area contributed by atoms with E-state index in [0.29, 0.717) is 23.0 Å². The summed E-state index contributed by atoms with van der Waals surface area (Å²) in [4.78, 5) is 27.6. The molecule has 0 heterocycles. The largest absolute Gasteiger partial charge is 0.453 e. The predicted molar refractivity (Wildman–Crippen MR) is 100 cm³/mol. The molecule has 2 amide bonds. The summed E-state index contributed by atoms with van der Waals surface area (Å²) in [5.41, 5.74) is 2.38. The molecule has 0 aliphatic heterocycles. The van der Waals surface area contributed by atoms with Gasteiger partial charge in [0.25, 0.3) is 0 Å². The van der Waals surface area contributed by atoms with Crippen molar-refractivity contribution < 1.29 is 14.3 Å². The first kappa shape index (κ1) is 20.0. The van der Waals surface area contributed by atoms with E-state index in [0.717, 1.165) is 24.8 Å². The quantitative estimate of drug-likeness (QED) is 0.598. The molecule has 0 fully saturated rings. The van der Waals surface area contributed by atoms with Crippen LogP contribution in [0.4, 0.5) is 16.2 Å². The number of hydrogen-bond donors (Lipinski definition) is 2. The number of nitrogens with zero attached hydrogens (tertiary/aromatic N) is 1. The summed E-state index contributed by atoms with van der Waals surface area (Å²) in [5, 5.41) is 5.81. The molecular weight excluding hydrogens is 326 g/mol. The third-order valence-electron chi connectivity index (χ3n) is 3.29. The first-order valence-electron chi connectivity index (χ1n) is 7.94. The number of methoxy groups -OCH3 is 1. The van der Waals surface area contributed by atoms with E-state index < -0.39 is 6.09 Å². The van der Waals surface area contributed by atoms with Crippen LogP contribution in [0.3, 0.4) is 0 Å². The molecule has 2 N–H and O–H groups in total. The standard InChI is InChI=1S/C17H25N3O3S/c1-5-7-8-12-9-10-13(18-15(21)6-2)14(11-12)19-16(24-4)20-17(22)23-3/h9-11H,5-8H2,1-4H3,(H,18,21)(H,19,20,22). The van der Waals surface area contributed by atoms with Gasteiger partial charge in [0.15, 0.2) is 5.17 Å². The van der Waals surface area contributed by atoms with E-state index in [1.165, 1.54) is 18.9 Å². The second-order valence-electron chi connectivity index (χ2n) is 5.09. The van der Waals surface area contributed by atoms with Gasteiger partial charge in [-0.25, -0.2) is 9.79 Å². The molecule has 0 aromatic heterocycles. The van der Waals surface area contributed by atoms with Gasteiger partial charge in [0.1, 0.15) is 0 Å². The number of carbonyl (C=O) groups excluding carboxylic acids is 2. The van der Waals surface area contributed by atoms with Crippen LogP contribution in [0.15, 0.2) is 23.2 Å². The average molecular weight is 351 g/mol. The zero-order valence-corrected chi connectivity index (χ0v) is 15.5. The van der Waals surface area contributed by atoms with E-state index in [9.17, 15) is 9.59 Å². The number of nitrogens with one attached hydrogen (secondary N) is 2. The van der Waals surface area contributed by atoms with Crippen molar-refractivity contribution in [2.75, 3.05) is 18.7 Å². The molecule has 0 bridgehead atoms. The number of anilines is 1. The maximum atomic E-state index is 11.7. The van der Waals surface area contributed by atoms with Gasteiger partial charge in [0, 0.05) is 6.42 Å². The Morgan fingerprint density at radius 3 is 2.62 bits per heavy atom. The average Bonchev–Trinajstić information content (AvgIpc) is 2.60. The Bertz CT molecular complexity index is 603. The van der Waals surface area contributed by atoms with Gasteiger partial charge in [0.2, 0.25) is 5.91 Å². The third kappa shape index (κ3) is 6.62. The third-order valence-corrected chi connectivity index (χ3v) is 3.87. The van der Waals surface area contributed by atoms with E-state index in [1.54, 1.807) is 13.2 Å². The molecule has 1 aromatic rings. The van der Waals surface area contributed by atoms with Gasteiger partial charge >= 0.3 is 6.09 Å². The monoisotopic (exact) mass is 351 g/mol. The Morgan fingerprint density at radius 2 is 2.04 bits per heavy atom. The number of rotatable bonds is 6. The minimum Gasteiger partial charge on any atom is -0.453 e. The Hall–Kier alpha value is -2.02. The van der Waals surface area contributed by atoms with Crippen LogP contribution in [0, 0.1) is 0 Å². The molecule has 0 atom stereocenters. The van der Waals surface area contributed by atoms with Crippen LogP contribution < -0.4 is 10.6 Å². The van der Waals surface area contributed by atoms with Crippen LogP contribution in [0.1, 0.15) is 38.7 Å². The molecule has 6 nitrogen and oxygen atoms in total. The number of amides is 2. The summed E-state index contributed by atoms with van der Waals surface area (Å²) >= 11 is 1.29. The number of unbranched alkanes of at least 4 members (excludes halogenated alkanes) is 1.